The van der Waals surface area contributed by atoms with Gasteiger partial charge in [0.1, 0.15) is 0 Å². The highest BCUT2D eigenvalue weighted by molar-refractivity contribution is 6.18. The minimum Gasteiger partial charge on any atom is -0.122 e. The van der Waals surface area contributed by atoms with E-state index in [0.29, 0.717) is 23.5 Å². The number of alkyl halides is 4. The molecule has 0 aliphatic carbocycles. The Morgan fingerprint density at radius 2 is 0.550 bits per heavy atom. The molecule has 0 aliphatic rings. The second-order valence-electron chi connectivity index (χ2n) is 4.17. The first-order chi connectivity index (χ1) is 9.73. The molecule has 0 unspecified atom stereocenters. The lowest BCUT2D eigenvalue weighted by atomic mass is 10.2. The lowest BCUT2D eigenvalue weighted by Crippen LogP contribution is -1.79. The van der Waals surface area contributed by atoms with Crippen molar-refractivity contribution in [2.45, 2.75) is 23.5 Å². The molecule has 0 amide bonds. The van der Waals surface area contributed by atoms with E-state index >= 15 is 0 Å². The van der Waals surface area contributed by atoms with Crippen LogP contribution in [0.25, 0.3) is 0 Å². The third-order valence-corrected chi connectivity index (χ3v) is 3.90. The molecular formula is C16H16Cl4. The smallest absolute Gasteiger partial charge is 0.0474 e. The molecule has 0 bridgehead atoms. The van der Waals surface area contributed by atoms with Crippen molar-refractivity contribution >= 4 is 46.4 Å². The van der Waals surface area contributed by atoms with Crippen LogP contribution in [0.1, 0.15) is 22.3 Å². The van der Waals surface area contributed by atoms with Crippen molar-refractivity contribution in [1.29, 1.82) is 0 Å². The van der Waals surface area contributed by atoms with Gasteiger partial charge in [0, 0.05) is 23.5 Å². The van der Waals surface area contributed by atoms with E-state index in [4.69, 9.17) is 46.4 Å². The molecule has 108 valence electrons. The molecule has 2 aromatic rings. The van der Waals surface area contributed by atoms with Gasteiger partial charge in [-0.05, 0) is 22.3 Å². The molecular weight excluding hydrogens is 334 g/mol. The molecule has 0 aromatic heterocycles. The van der Waals surface area contributed by atoms with Gasteiger partial charge in [-0.2, -0.15) is 0 Å². The summed E-state index contributed by atoms with van der Waals surface area (Å²) < 4.78 is 0. The average Bonchev–Trinajstić information content (AvgIpc) is 2.55. The zero-order valence-corrected chi connectivity index (χ0v) is 14.0. The van der Waals surface area contributed by atoms with Gasteiger partial charge >= 0.3 is 0 Å². The Labute approximate surface area is 140 Å². The van der Waals surface area contributed by atoms with Crippen molar-refractivity contribution in [3.8, 4) is 0 Å². The molecule has 0 saturated heterocycles. The largest absolute Gasteiger partial charge is 0.122 e. The van der Waals surface area contributed by atoms with Crippen molar-refractivity contribution in [2.24, 2.45) is 0 Å². The van der Waals surface area contributed by atoms with E-state index in [0.717, 1.165) is 22.3 Å². The van der Waals surface area contributed by atoms with Crippen molar-refractivity contribution in [3.63, 3.8) is 0 Å². The van der Waals surface area contributed by atoms with Gasteiger partial charge in [-0.3, -0.25) is 0 Å². The van der Waals surface area contributed by atoms with Crippen LogP contribution in [0.15, 0.2) is 48.5 Å². The fourth-order valence-electron chi connectivity index (χ4n) is 1.43. The van der Waals surface area contributed by atoms with Crippen LogP contribution < -0.4 is 0 Å². The Morgan fingerprint density at radius 1 is 0.400 bits per heavy atom. The zero-order chi connectivity index (χ0) is 14.8. The molecule has 2 rings (SSSR count). The van der Waals surface area contributed by atoms with Crippen molar-refractivity contribution < 1.29 is 0 Å². The first kappa shape index (κ1) is 17.7. The SMILES string of the molecule is ClCc1ccc(CCl)cc1.ClCc1ccc(CCl)cc1. The molecule has 0 aliphatic heterocycles. The maximum absolute atomic E-state index is 5.59. The second kappa shape index (κ2) is 10.3. The Morgan fingerprint density at radius 3 is 0.650 bits per heavy atom. The predicted molar refractivity (Wildman–Crippen MR) is 91.1 cm³/mol. The third kappa shape index (κ3) is 6.37. The van der Waals surface area contributed by atoms with Crippen LogP contribution >= 0.6 is 46.4 Å². The van der Waals surface area contributed by atoms with E-state index in [9.17, 15) is 0 Å². The molecule has 0 saturated carbocycles. The van der Waals surface area contributed by atoms with Gasteiger partial charge in [0.15, 0.2) is 0 Å². The average molecular weight is 350 g/mol. The quantitative estimate of drug-likeness (QED) is 0.566. The first-order valence-electron chi connectivity index (χ1n) is 6.13. The van der Waals surface area contributed by atoms with Crippen LogP contribution in [0.4, 0.5) is 0 Å². The summed E-state index contributed by atoms with van der Waals surface area (Å²) in [4.78, 5) is 0. The van der Waals surface area contributed by atoms with E-state index in [2.05, 4.69) is 0 Å². The van der Waals surface area contributed by atoms with Gasteiger partial charge < -0.3 is 0 Å². The summed E-state index contributed by atoms with van der Waals surface area (Å²) in [5, 5.41) is 0. The zero-order valence-electron chi connectivity index (χ0n) is 11.0. The summed E-state index contributed by atoms with van der Waals surface area (Å²) in [5.74, 6) is 2.29. The monoisotopic (exact) mass is 348 g/mol. The Balaban J connectivity index is 0.000000200. The fourth-order valence-corrected chi connectivity index (χ4v) is 2.15. The second-order valence-corrected chi connectivity index (χ2v) is 5.24. The van der Waals surface area contributed by atoms with E-state index in [-0.39, 0.29) is 0 Å². The summed E-state index contributed by atoms with van der Waals surface area (Å²) in [7, 11) is 0. The topological polar surface area (TPSA) is 0 Å². The normalized spacial score (nSPS) is 9.80. The van der Waals surface area contributed by atoms with Gasteiger partial charge in [0.05, 0.1) is 0 Å². The minimum atomic E-state index is 0.572. The lowest BCUT2D eigenvalue weighted by molar-refractivity contribution is 1.33. The predicted octanol–water partition coefficient (Wildman–Crippen LogP) is 6.33. The molecule has 4 heteroatoms. The Hall–Kier alpha value is -0.400. The number of rotatable bonds is 4. The summed E-state index contributed by atoms with van der Waals surface area (Å²) in [5.41, 5.74) is 4.54. The summed E-state index contributed by atoms with van der Waals surface area (Å²) >= 11 is 22.4. The highest BCUT2D eigenvalue weighted by Gasteiger charge is 1.90. The summed E-state index contributed by atoms with van der Waals surface area (Å²) in [6.07, 6.45) is 0. The molecule has 0 N–H and O–H groups in total. The number of hydrogen-bond donors (Lipinski definition) is 0. The fraction of sp³-hybridized carbons (Fsp3) is 0.250. The van der Waals surface area contributed by atoms with Crippen molar-refractivity contribution in [1.82, 2.24) is 0 Å². The van der Waals surface area contributed by atoms with Crippen LogP contribution in [-0.4, -0.2) is 0 Å². The van der Waals surface area contributed by atoms with Crippen molar-refractivity contribution in [2.75, 3.05) is 0 Å². The van der Waals surface area contributed by atoms with Gasteiger partial charge in [-0.25, -0.2) is 0 Å². The number of benzene rings is 2. The molecule has 0 spiro atoms. The lowest BCUT2D eigenvalue weighted by Gasteiger charge is -1.95. The molecule has 2 aromatic carbocycles. The van der Waals surface area contributed by atoms with Gasteiger partial charge in [-0.1, -0.05) is 48.5 Å². The van der Waals surface area contributed by atoms with Gasteiger partial charge in [-0.15, -0.1) is 46.4 Å². The summed E-state index contributed by atoms with van der Waals surface area (Å²) in [6.45, 7) is 0. The van der Waals surface area contributed by atoms with Crippen molar-refractivity contribution in [3.05, 3.63) is 70.8 Å². The minimum absolute atomic E-state index is 0.572. The Kier molecular flexibility index (Phi) is 9.13. The molecule has 20 heavy (non-hydrogen) atoms. The number of halogens is 4. The van der Waals surface area contributed by atoms with E-state index in [1.54, 1.807) is 0 Å². The maximum Gasteiger partial charge on any atom is 0.0474 e. The van der Waals surface area contributed by atoms with Crippen LogP contribution in [0, 0.1) is 0 Å². The van der Waals surface area contributed by atoms with E-state index in [1.165, 1.54) is 0 Å². The third-order valence-electron chi connectivity index (χ3n) is 2.66. The van der Waals surface area contributed by atoms with Crippen LogP contribution in [0.3, 0.4) is 0 Å². The molecule has 0 nitrogen and oxygen atoms in total. The van der Waals surface area contributed by atoms with Gasteiger partial charge in [0.25, 0.3) is 0 Å². The Bertz CT molecular complexity index is 383. The van der Waals surface area contributed by atoms with Gasteiger partial charge in [0.2, 0.25) is 0 Å². The summed E-state index contributed by atoms with van der Waals surface area (Å²) in [6, 6.07) is 15.9. The molecule has 0 fully saturated rings. The highest BCUT2D eigenvalue weighted by atomic mass is 35.5. The van der Waals surface area contributed by atoms with E-state index in [1.807, 2.05) is 48.5 Å². The highest BCUT2D eigenvalue weighted by Crippen LogP contribution is 2.09. The number of hydrogen-bond acceptors (Lipinski definition) is 0. The van der Waals surface area contributed by atoms with Crippen LogP contribution in [-0.2, 0) is 23.5 Å². The first-order valence-corrected chi connectivity index (χ1v) is 8.26. The van der Waals surface area contributed by atoms with Crippen LogP contribution in [0.5, 0.6) is 0 Å². The molecule has 0 heterocycles. The van der Waals surface area contributed by atoms with E-state index < -0.39 is 0 Å². The maximum atomic E-state index is 5.59. The molecule has 0 radical (unpaired) electrons. The molecule has 0 atom stereocenters. The standard InChI is InChI=1S/2C8H8Cl2/c2*9-5-7-1-2-8(6-10)4-3-7/h2*1-4H,5-6H2. The van der Waals surface area contributed by atoms with Crippen LogP contribution in [0.2, 0.25) is 0 Å².